The van der Waals surface area contributed by atoms with Gasteiger partial charge in [-0.25, -0.2) is 4.79 Å². The van der Waals surface area contributed by atoms with Crippen LogP contribution in [0.1, 0.15) is 11.6 Å². The Hall–Kier alpha value is -1.97. The van der Waals surface area contributed by atoms with Crippen LogP contribution in [0.4, 0.5) is 4.79 Å². The first-order chi connectivity index (χ1) is 7.75. The molecular formula is C12H12N2O2. The molecular weight excluding hydrogens is 204 g/mol. The number of cyclic esters (lactones) is 1. The average Bonchev–Trinajstić information content (AvgIpc) is 2.84. The Kier molecular flexibility index (Phi) is 1.89. The number of nitrogens with one attached hydrogen (secondary N) is 1. The van der Waals surface area contributed by atoms with Crippen LogP contribution in [0.5, 0.6) is 0 Å². The number of rotatable bonds is 1. The van der Waals surface area contributed by atoms with Gasteiger partial charge < -0.3 is 14.6 Å². The van der Waals surface area contributed by atoms with E-state index in [-0.39, 0.29) is 12.1 Å². The van der Waals surface area contributed by atoms with Crippen LogP contribution in [-0.4, -0.2) is 17.3 Å². The molecule has 1 amide bonds. The number of amides is 1. The highest BCUT2D eigenvalue weighted by molar-refractivity contribution is 5.85. The number of hydrogen-bond donors (Lipinski definition) is 1. The van der Waals surface area contributed by atoms with E-state index in [0.717, 1.165) is 5.56 Å². The largest absolute Gasteiger partial charge is 0.447 e. The number of carbonyl (C=O) groups is 1. The number of ether oxygens (including phenoxy) is 1. The highest BCUT2D eigenvalue weighted by atomic mass is 16.6. The van der Waals surface area contributed by atoms with E-state index in [1.807, 2.05) is 25.4 Å². The summed E-state index contributed by atoms with van der Waals surface area (Å²) in [5, 5.41) is 3.97. The summed E-state index contributed by atoms with van der Waals surface area (Å²) in [5.41, 5.74) is 2.28. The van der Waals surface area contributed by atoms with Crippen LogP contribution in [0, 0.1) is 0 Å². The first kappa shape index (κ1) is 9.27. The minimum atomic E-state index is -0.335. The van der Waals surface area contributed by atoms with Crippen molar-refractivity contribution in [1.82, 2.24) is 9.88 Å². The Bertz CT molecular complexity index is 559. The molecule has 1 N–H and O–H groups in total. The molecule has 0 spiro atoms. The minimum absolute atomic E-state index is 0.0291. The number of benzene rings is 1. The number of aromatic nitrogens is 1. The quantitative estimate of drug-likeness (QED) is 0.791. The zero-order valence-corrected chi connectivity index (χ0v) is 8.93. The van der Waals surface area contributed by atoms with Gasteiger partial charge in [-0.1, -0.05) is 18.2 Å². The average molecular weight is 216 g/mol. The number of fused-ring (bicyclic) bond motifs is 1. The molecule has 1 fully saturated rings. The second-order valence-corrected chi connectivity index (χ2v) is 4.01. The van der Waals surface area contributed by atoms with Crippen molar-refractivity contribution >= 4 is 17.0 Å². The number of nitrogens with zero attached hydrogens (tertiary/aromatic N) is 1. The molecule has 0 aliphatic carbocycles. The molecule has 4 nitrogen and oxygen atoms in total. The molecule has 0 bridgehead atoms. The lowest BCUT2D eigenvalue weighted by Gasteiger charge is -2.04. The molecule has 2 heterocycles. The van der Waals surface area contributed by atoms with Crippen LogP contribution in [-0.2, 0) is 11.8 Å². The summed E-state index contributed by atoms with van der Waals surface area (Å²) < 4.78 is 6.98. The van der Waals surface area contributed by atoms with Crippen LogP contribution in [0.2, 0.25) is 0 Å². The monoisotopic (exact) mass is 216 g/mol. The van der Waals surface area contributed by atoms with Crippen LogP contribution in [0.25, 0.3) is 10.9 Å². The summed E-state index contributed by atoms with van der Waals surface area (Å²) >= 11 is 0. The number of alkyl carbamates (subject to hydrolysis) is 1. The lowest BCUT2D eigenvalue weighted by Crippen LogP contribution is -2.17. The van der Waals surface area contributed by atoms with Crippen LogP contribution in [0.3, 0.4) is 0 Å². The van der Waals surface area contributed by atoms with Crippen LogP contribution in [0.15, 0.2) is 30.5 Å². The van der Waals surface area contributed by atoms with E-state index in [1.165, 1.54) is 10.9 Å². The van der Waals surface area contributed by atoms with Gasteiger partial charge in [-0.05, 0) is 6.07 Å². The summed E-state index contributed by atoms with van der Waals surface area (Å²) in [6.45, 7) is 0.410. The Morgan fingerprint density at radius 2 is 2.25 bits per heavy atom. The van der Waals surface area contributed by atoms with Crippen molar-refractivity contribution in [1.29, 1.82) is 0 Å². The second kappa shape index (κ2) is 3.27. The molecule has 1 unspecified atom stereocenters. The van der Waals surface area contributed by atoms with E-state index >= 15 is 0 Å². The van der Waals surface area contributed by atoms with Crippen LogP contribution >= 0.6 is 0 Å². The molecule has 0 radical (unpaired) electrons. The number of aryl methyl sites for hydroxylation is 1. The predicted molar refractivity (Wildman–Crippen MR) is 60.1 cm³/mol. The highest BCUT2D eigenvalue weighted by Gasteiger charge is 2.26. The lowest BCUT2D eigenvalue weighted by molar-refractivity contribution is 0.177. The zero-order chi connectivity index (χ0) is 11.1. The Balaban J connectivity index is 2.13. The molecule has 1 aromatic carbocycles. The van der Waals surface area contributed by atoms with Gasteiger partial charge in [-0.2, -0.15) is 0 Å². The van der Waals surface area contributed by atoms with E-state index < -0.39 is 0 Å². The molecule has 2 aromatic rings. The van der Waals surface area contributed by atoms with Gasteiger partial charge in [0.15, 0.2) is 0 Å². The molecule has 82 valence electrons. The standard InChI is InChI=1S/C12H12N2O2/c1-14-6-9(10-7-16-12(15)13-10)8-4-2-3-5-11(8)14/h2-6,10H,7H2,1H3,(H,13,15). The molecule has 3 rings (SSSR count). The van der Waals surface area contributed by atoms with Crippen molar-refractivity contribution in [2.45, 2.75) is 6.04 Å². The van der Waals surface area contributed by atoms with E-state index in [9.17, 15) is 4.79 Å². The maximum Gasteiger partial charge on any atom is 0.407 e. The lowest BCUT2D eigenvalue weighted by atomic mass is 10.1. The SMILES string of the molecule is Cn1cc(C2COC(=O)N2)c2ccccc21. The molecule has 1 aliphatic heterocycles. The maximum absolute atomic E-state index is 11.0. The first-order valence-electron chi connectivity index (χ1n) is 5.23. The van der Waals surface area contributed by atoms with E-state index in [4.69, 9.17) is 4.74 Å². The third-order valence-corrected chi connectivity index (χ3v) is 2.98. The zero-order valence-electron chi connectivity index (χ0n) is 8.93. The Morgan fingerprint density at radius 1 is 1.44 bits per heavy atom. The fraction of sp³-hybridized carbons (Fsp3) is 0.250. The Labute approximate surface area is 92.8 Å². The fourth-order valence-corrected chi connectivity index (χ4v) is 2.20. The number of para-hydroxylation sites is 1. The second-order valence-electron chi connectivity index (χ2n) is 4.01. The summed E-state index contributed by atoms with van der Waals surface area (Å²) in [5.74, 6) is 0. The van der Waals surface area contributed by atoms with Gasteiger partial charge in [0, 0.05) is 29.7 Å². The van der Waals surface area contributed by atoms with Crippen LogP contribution < -0.4 is 5.32 Å². The molecule has 1 atom stereocenters. The van der Waals surface area contributed by atoms with Crippen molar-refractivity contribution in [3.63, 3.8) is 0 Å². The highest BCUT2D eigenvalue weighted by Crippen LogP contribution is 2.27. The Morgan fingerprint density at radius 3 is 3.00 bits per heavy atom. The molecule has 1 aliphatic rings. The van der Waals surface area contributed by atoms with Gasteiger partial charge in [-0.15, -0.1) is 0 Å². The molecule has 16 heavy (non-hydrogen) atoms. The molecule has 0 saturated carbocycles. The van der Waals surface area contributed by atoms with Gasteiger partial charge >= 0.3 is 6.09 Å². The molecule has 1 aromatic heterocycles. The normalized spacial score (nSPS) is 19.8. The topological polar surface area (TPSA) is 43.3 Å². The molecule has 4 heteroatoms. The number of carbonyl (C=O) groups excluding carboxylic acids is 1. The van der Waals surface area contributed by atoms with Crippen molar-refractivity contribution in [3.8, 4) is 0 Å². The van der Waals surface area contributed by atoms with Gasteiger partial charge in [0.25, 0.3) is 0 Å². The van der Waals surface area contributed by atoms with Gasteiger partial charge in [0.2, 0.25) is 0 Å². The summed E-state index contributed by atoms with van der Waals surface area (Å²) in [7, 11) is 2.00. The summed E-state index contributed by atoms with van der Waals surface area (Å²) in [4.78, 5) is 11.0. The molecule has 1 saturated heterocycles. The van der Waals surface area contributed by atoms with Crippen molar-refractivity contribution in [2.24, 2.45) is 7.05 Å². The third-order valence-electron chi connectivity index (χ3n) is 2.98. The summed E-state index contributed by atoms with van der Waals surface area (Å²) in [6, 6.07) is 8.11. The fourth-order valence-electron chi connectivity index (χ4n) is 2.20. The van der Waals surface area contributed by atoms with Crippen molar-refractivity contribution < 1.29 is 9.53 Å². The summed E-state index contributed by atoms with van der Waals surface area (Å²) in [6.07, 6.45) is 1.71. The van der Waals surface area contributed by atoms with Crippen molar-refractivity contribution in [2.75, 3.05) is 6.61 Å². The van der Waals surface area contributed by atoms with E-state index in [2.05, 4.69) is 22.0 Å². The minimum Gasteiger partial charge on any atom is -0.447 e. The van der Waals surface area contributed by atoms with E-state index in [1.54, 1.807) is 0 Å². The van der Waals surface area contributed by atoms with Gasteiger partial charge in [0.1, 0.15) is 6.61 Å². The van der Waals surface area contributed by atoms with Crippen molar-refractivity contribution in [3.05, 3.63) is 36.0 Å². The maximum atomic E-state index is 11.0. The third kappa shape index (κ3) is 1.26. The first-order valence-corrected chi connectivity index (χ1v) is 5.23. The van der Waals surface area contributed by atoms with Gasteiger partial charge in [-0.3, -0.25) is 0 Å². The smallest absolute Gasteiger partial charge is 0.407 e. The number of hydrogen-bond acceptors (Lipinski definition) is 2. The van der Waals surface area contributed by atoms with E-state index in [0.29, 0.717) is 6.61 Å². The van der Waals surface area contributed by atoms with Gasteiger partial charge in [0.05, 0.1) is 6.04 Å². The predicted octanol–water partition coefficient (Wildman–Crippen LogP) is 1.96.